The van der Waals surface area contributed by atoms with Gasteiger partial charge in [0.1, 0.15) is 6.04 Å². The van der Waals surface area contributed by atoms with E-state index in [4.69, 9.17) is 15.2 Å². The van der Waals surface area contributed by atoms with Crippen LogP contribution in [-0.2, 0) is 49.9 Å². The average Bonchev–Trinajstić information content (AvgIpc) is 3.92. The Bertz CT molecular complexity index is 1630. The van der Waals surface area contributed by atoms with Crippen molar-refractivity contribution in [3.63, 3.8) is 0 Å². The number of rotatable bonds is 22. The summed E-state index contributed by atoms with van der Waals surface area (Å²) in [4.78, 5) is 73.0. The van der Waals surface area contributed by atoms with Gasteiger partial charge in [-0.2, -0.15) is 0 Å². The zero-order valence-electron chi connectivity index (χ0n) is 35.4. The van der Waals surface area contributed by atoms with Crippen LogP contribution in [0.15, 0.2) is 24.3 Å². The molecule has 1 saturated heterocycles. The largest absolute Gasteiger partial charge is 0.399 e. The first-order chi connectivity index (χ1) is 26.8. The highest BCUT2D eigenvalue weighted by Gasteiger charge is 2.43. The van der Waals surface area contributed by atoms with E-state index in [2.05, 4.69) is 15.4 Å². The molecule has 5 N–H and O–H groups in total. The lowest BCUT2D eigenvalue weighted by atomic mass is 9.90. The maximum Gasteiger partial charge on any atom is 0.256 e. The van der Waals surface area contributed by atoms with Crippen LogP contribution in [0.25, 0.3) is 0 Å². The molecular weight excluding hydrogens is 755 g/mol. The Morgan fingerprint density at radius 1 is 0.930 bits per heavy atom. The molecule has 5 amide bonds. The summed E-state index contributed by atoms with van der Waals surface area (Å²) >= 11 is 0. The van der Waals surface area contributed by atoms with Crippen LogP contribution >= 0.6 is 0 Å². The molecule has 0 bridgehead atoms. The van der Waals surface area contributed by atoms with Gasteiger partial charge in [-0.15, -0.1) is 0 Å². The van der Waals surface area contributed by atoms with Crippen LogP contribution < -0.4 is 21.1 Å². The second-order valence-electron chi connectivity index (χ2n) is 16.2. The molecule has 8 unspecified atom stereocenters. The number of nitrogens with two attached hydrogens (primary N) is 1. The molecule has 1 heterocycles. The van der Waals surface area contributed by atoms with Crippen LogP contribution in [0, 0.1) is 17.8 Å². The van der Waals surface area contributed by atoms with Crippen LogP contribution in [0.2, 0.25) is 0 Å². The Hall–Kier alpha value is -3.80. The molecule has 8 atom stereocenters. The Balaban J connectivity index is 1.75. The number of methoxy groups -OCH3 is 2. The van der Waals surface area contributed by atoms with Crippen LogP contribution in [0.1, 0.15) is 78.7 Å². The molecule has 0 spiro atoms. The molecule has 3 rings (SSSR count). The highest BCUT2D eigenvalue weighted by atomic mass is 32.2. The average molecular weight is 822 g/mol. The summed E-state index contributed by atoms with van der Waals surface area (Å²) in [6.07, 6.45) is 1.40. The molecule has 57 heavy (non-hydrogen) atoms. The van der Waals surface area contributed by atoms with E-state index in [0.29, 0.717) is 49.9 Å². The lowest BCUT2D eigenvalue weighted by Gasteiger charge is -2.39. The number of likely N-dealkylation sites (tertiary alicyclic amines) is 1. The molecule has 2 fully saturated rings. The minimum absolute atomic E-state index is 0.0179. The van der Waals surface area contributed by atoms with Crippen molar-refractivity contribution in [2.75, 3.05) is 54.2 Å². The fourth-order valence-electron chi connectivity index (χ4n) is 7.93. The monoisotopic (exact) mass is 821 g/mol. The second kappa shape index (κ2) is 21.3. The number of ether oxygens (including phenoxy) is 2. The van der Waals surface area contributed by atoms with E-state index in [9.17, 15) is 32.4 Å². The van der Waals surface area contributed by atoms with Crippen molar-refractivity contribution < 1.29 is 41.9 Å². The summed E-state index contributed by atoms with van der Waals surface area (Å²) in [5, 5.41) is 4.92. The molecule has 1 aliphatic heterocycles. The number of hydrogen-bond acceptors (Lipinski definition) is 11. The molecule has 2 aliphatic rings. The van der Waals surface area contributed by atoms with Crippen molar-refractivity contribution in [1.82, 2.24) is 30.1 Å². The third-order valence-corrected chi connectivity index (χ3v) is 13.3. The van der Waals surface area contributed by atoms with Crippen LogP contribution in [0.4, 0.5) is 5.69 Å². The Kier molecular flexibility index (Phi) is 17.8. The smallest absolute Gasteiger partial charge is 0.256 e. The minimum atomic E-state index is -3.88. The number of anilines is 1. The van der Waals surface area contributed by atoms with Crippen molar-refractivity contribution in [3.05, 3.63) is 29.8 Å². The highest BCUT2D eigenvalue weighted by molar-refractivity contribution is 7.90. The normalized spacial score (nSPS) is 19.6. The van der Waals surface area contributed by atoms with E-state index in [-0.39, 0.29) is 48.9 Å². The molecule has 322 valence electrons. The molecule has 0 aromatic heterocycles. The molecule has 1 aromatic carbocycles. The third-order valence-electron chi connectivity index (χ3n) is 11.4. The summed E-state index contributed by atoms with van der Waals surface area (Å²) in [5.74, 6) is -3.02. The first-order valence-corrected chi connectivity index (χ1v) is 21.6. The van der Waals surface area contributed by atoms with Gasteiger partial charge in [0.25, 0.3) is 5.91 Å². The van der Waals surface area contributed by atoms with Crippen molar-refractivity contribution in [2.24, 2.45) is 17.8 Å². The zero-order chi connectivity index (χ0) is 42.8. The highest BCUT2D eigenvalue weighted by Crippen LogP contribution is 2.30. The molecule has 0 radical (unpaired) electrons. The molecule has 16 nitrogen and oxygen atoms in total. The van der Waals surface area contributed by atoms with E-state index in [1.165, 1.54) is 14.2 Å². The number of likely N-dealkylation sites (N-methyl/N-ethyl adjacent to an activating group) is 2. The van der Waals surface area contributed by atoms with E-state index < -0.39 is 69.4 Å². The lowest BCUT2D eigenvalue weighted by molar-refractivity contribution is -0.146. The topological polar surface area (TPSA) is 210 Å². The van der Waals surface area contributed by atoms with Gasteiger partial charge >= 0.3 is 0 Å². The standard InChI is InChI=1S/C40H67N7O9S/c1-11-25(4)36(46(8)34(49)23-42-40(52)35(24(2)3)45(6)7)32(55-9)22-33(48)47-20-12-13-31(47)37(56-10)26(5)38(50)43-30(21-27-14-16-28(41)17-15-27)39(51)44-57(53,54)29-18-19-29/h14-17,24-26,29-32,35-37H,11-13,18-23,41H2,1-10H3,(H,42,52)(H,43,50)(H,44,51). The van der Waals surface area contributed by atoms with Crippen molar-refractivity contribution in [2.45, 2.75) is 121 Å². The van der Waals surface area contributed by atoms with Crippen molar-refractivity contribution in [3.8, 4) is 0 Å². The van der Waals surface area contributed by atoms with Crippen LogP contribution in [0.3, 0.4) is 0 Å². The van der Waals surface area contributed by atoms with Crippen molar-refractivity contribution in [1.29, 1.82) is 0 Å². The van der Waals surface area contributed by atoms with Gasteiger partial charge in [0.05, 0.1) is 54.5 Å². The first kappa shape index (κ1) is 47.6. The van der Waals surface area contributed by atoms with Gasteiger partial charge in [0, 0.05) is 39.9 Å². The molecule has 17 heteroatoms. The summed E-state index contributed by atoms with van der Waals surface area (Å²) < 4.78 is 39.3. The predicted octanol–water partition coefficient (Wildman–Crippen LogP) is 1.53. The van der Waals surface area contributed by atoms with Crippen LogP contribution in [0.5, 0.6) is 0 Å². The number of carbonyl (C=O) groups excluding carboxylic acids is 5. The Morgan fingerprint density at radius 2 is 1.56 bits per heavy atom. The number of carbonyl (C=O) groups is 5. The molecular formula is C40H67N7O9S. The SMILES string of the molecule is CCC(C)C(C(CC(=O)N1CCCC1C(OC)C(C)C(=O)NC(Cc1ccc(N)cc1)C(=O)NS(=O)(=O)C1CC1)OC)N(C)C(=O)CNC(=O)C(C(C)C)N(C)C. The Morgan fingerprint density at radius 3 is 2.09 bits per heavy atom. The molecule has 1 aliphatic carbocycles. The fourth-order valence-corrected chi connectivity index (χ4v) is 9.27. The summed E-state index contributed by atoms with van der Waals surface area (Å²) in [6.45, 7) is 9.76. The van der Waals surface area contributed by atoms with E-state index in [0.717, 1.165) is 0 Å². The number of nitrogens with zero attached hydrogens (tertiary/aromatic N) is 3. The summed E-state index contributed by atoms with van der Waals surface area (Å²) in [7, 11) is 4.40. The second-order valence-corrected chi connectivity index (χ2v) is 18.2. The number of hydrogen-bond donors (Lipinski definition) is 4. The summed E-state index contributed by atoms with van der Waals surface area (Å²) in [6, 6.07) is 4.15. The zero-order valence-corrected chi connectivity index (χ0v) is 36.3. The number of benzene rings is 1. The van der Waals surface area contributed by atoms with Crippen LogP contribution in [-0.4, -0.2) is 143 Å². The quantitative estimate of drug-likeness (QED) is 0.123. The van der Waals surface area contributed by atoms with Gasteiger partial charge in [0.2, 0.25) is 33.7 Å². The van der Waals surface area contributed by atoms with E-state index in [1.54, 1.807) is 48.0 Å². The van der Waals surface area contributed by atoms with Gasteiger partial charge < -0.3 is 35.6 Å². The number of nitrogen functional groups attached to an aromatic ring is 1. The maximum atomic E-state index is 14.2. The lowest BCUT2D eigenvalue weighted by Crippen LogP contribution is -2.56. The molecule has 1 saturated carbocycles. The third kappa shape index (κ3) is 12.8. The fraction of sp³-hybridized carbons (Fsp3) is 0.725. The van der Waals surface area contributed by atoms with Gasteiger partial charge in [-0.05, 0) is 69.3 Å². The van der Waals surface area contributed by atoms with Gasteiger partial charge in [0.15, 0.2) is 0 Å². The predicted molar refractivity (Wildman–Crippen MR) is 218 cm³/mol. The van der Waals surface area contributed by atoms with E-state index >= 15 is 0 Å². The Labute approximate surface area is 339 Å². The van der Waals surface area contributed by atoms with Gasteiger partial charge in [-0.1, -0.05) is 53.2 Å². The number of amides is 5. The summed E-state index contributed by atoms with van der Waals surface area (Å²) in [5.41, 5.74) is 7.02. The minimum Gasteiger partial charge on any atom is -0.399 e. The van der Waals surface area contributed by atoms with Gasteiger partial charge in [-0.3, -0.25) is 33.6 Å². The van der Waals surface area contributed by atoms with Gasteiger partial charge in [-0.25, -0.2) is 8.42 Å². The number of nitrogens with one attached hydrogen (secondary N) is 3. The molecule has 1 aromatic rings. The number of sulfonamides is 1. The maximum absolute atomic E-state index is 14.2. The van der Waals surface area contributed by atoms with E-state index in [1.807, 2.05) is 46.7 Å². The van der Waals surface area contributed by atoms with Crippen molar-refractivity contribution >= 4 is 45.2 Å². The first-order valence-electron chi connectivity index (χ1n) is 20.0.